The van der Waals surface area contributed by atoms with Crippen molar-refractivity contribution in [3.05, 3.63) is 140 Å². The molecule has 0 atom stereocenters. The van der Waals surface area contributed by atoms with Crippen molar-refractivity contribution < 1.29 is 0 Å². The molecule has 0 fully saturated rings. The Bertz CT molecular complexity index is 2310. The van der Waals surface area contributed by atoms with Crippen molar-refractivity contribution in [2.45, 2.75) is 0 Å². The molecule has 0 amide bonds. The molecule has 3 heteroatoms. The van der Waals surface area contributed by atoms with E-state index >= 15 is 0 Å². The fraction of sp³-hybridized carbons (Fsp3) is 0. The van der Waals surface area contributed by atoms with Crippen molar-refractivity contribution in [3.63, 3.8) is 0 Å². The molecule has 0 saturated heterocycles. The molecule has 41 heavy (non-hydrogen) atoms. The molecule has 1 aliphatic carbocycles. The molecule has 0 spiro atoms. The van der Waals surface area contributed by atoms with E-state index in [-0.39, 0.29) is 0 Å². The second kappa shape index (κ2) is 8.48. The van der Waals surface area contributed by atoms with E-state index in [9.17, 15) is 0 Å². The summed E-state index contributed by atoms with van der Waals surface area (Å²) in [6, 6.07) is 49.4. The van der Waals surface area contributed by atoms with Crippen molar-refractivity contribution in [2.24, 2.45) is 0 Å². The molecule has 5 aromatic carbocycles. The van der Waals surface area contributed by atoms with Crippen LogP contribution in [0, 0.1) is 0 Å². The highest BCUT2D eigenvalue weighted by Gasteiger charge is 2.23. The first kappa shape index (κ1) is 22.3. The number of para-hydroxylation sites is 2. The Kier molecular flexibility index (Phi) is 4.61. The van der Waals surface area contributed by atoms with E-state index in [1.54, 1.807) is 0 Å². The monoisotopic (exact) mass is 521 g/mol. The van der Waals surface area contributed by atoms with Crippen molar-refractivity contribution in [2.75, 3.05) is 0 Å². The minimum Gasteiger partial charge on any atom is -0.309 e. The first-order valence-corrected chi connectivity index (χ1v) is 13.9. The maximum absolute atomic E-state index is 5.15. The predicted molar refractivity (Wildman–Crippen MR) is 169 cm³/mol. The number of benzene rings is 5. The molecule has 0 aliphatic heterocycles. The lowest BCUT2D eigenvalue weighted by Crippen LogP contribution is -1.93. The van der Waals surface area contributed by atoms with Gasteiger partial charge in [-0.3, -0.25) is 0 Å². The summed E-state index contributed by atoms with van der Waals surface area (Å²) in [5.74, 6) is 0. The van der Waals surface area contributed by atoms with Crippen molar-refractivity contribution in [3.8, 4) is 50.6 Å². The molecule has 3 nitrogen and oxygen atoms in total. The van der Waals surface area contributed by atoms with Crippen LogP contribution in [0.5, 0.6) is 0 Å². The molecule has 0 radical (unpaired) electrons. The second-order valence-corrected chi connectivity index (χ2v) is 10.6. The van der Waals surface area contributed by atoms with Crippen molar-refractivity contribution >= 4 is 32.7 Å². The molecular formula is C38H23N3. The summed E-state index contributed by atoms with van der Waals surface area (Å²) in [6.07, 6.45) is 0. The SMILES string of the molecule is c1ccc(-n2c3ccccc3c3cc(-c4cccc(-c5cc6c7c(cccc7n5)-c5ccccc5-6)n4)ccc32)cc1. The zero-order valence-electron chi connectivity index (χ0n) is 22.1. The number of rotatable bonds is 3. The summed E-state index contributed by atoms with van der Waals surface area (Å²) in [6.45, 7) is 0. The third kappa shape index (κ3) is 3.26. The molecule has 0 unspecified atom stereocenters. The van der Waals surface area contributed by atoms with Crippen LogP contribution in [0.2, 0.25) is 0 Å². The molecule has 3 heterocycles. The van der Waals surface area contributed by atoms with Gasteiger partial charge in [-0.1, -0.05) is 84.9 Å². The van der Waals surface area contributed by atoms with Gasteiger partial charge in [0.2, 0.25) is 0 Å². The van der Waals surface area contributed by atoms with Gasteiger partial charge in [0.25, 0.3) is 0 Å². The smallest absolute Gasteiger partial charge is 0.0900 e. The Morgan fingerprint density at radius 2 is 1.12 bits per heavy atom. The van der Waals surface area contributed by atoms with Gasteiger partial charge in [-0.25, -0.2) is 9.97 Å². The third-order valence-electron chi connectivity index (χ3n) is 8.34. The van der Waals surface area contributed by atoms with Gasteiger partial charge in [-0.15, -0.1) is 0 Å². The first-order chi connectivity index (χ1) is 20.3. The van der Waals surface area contributed by atoms with Gasteiger partial charge in [-0.05, 0) is 76.9 Å². The molecule has 0 saturated carbocycles. The minimum atomic E-state index is 0.877. The van der Waals surface area contributed by atoms with E-state index < -0.39 is 0 Å². The third-order valence-corrected chi connectivity index (χ3v) is 8.34. The van der Waals surface area contributed by atoms with Gasteiger partial charge in [-0.2, -0.15) is 0 Å². The van der Waals surface area contributed by atoms with Gasteiger partial charge >= 0.3 is 0 Å². The molecule has 8 aromatic rings. The first-order valence-electron chi connectivity index (χ1n) is 13.9. The van der Waals surface area contributed by atoms with Gasteiger partial charge in [0, 0.05) is 27.4 Å². The molecule has 9 rings (SSSR count). The summed E-state index contributed by atoms with van der Waals surface area (Å²) in [5.41, 5.74) is 13.4. The average Bonchev–Trinajstić information content (AvgIpc) is 3.55. The van der Waals surface area contributed by atoms with Crippen LogP contribution in [0.15, 0.2) is 140 Å². The number of fused-ring (bicyclic) bond motifs is 6. The van der Waals surface area contributed by atoms with Crippen LogP contribution in [0.25, 0.3) is 83.3 Å². The maximum atomic E-state index is 5.15. The molecule has 0 bridgehead atoms. The minimum absolute atomic E-state index is 0.877. The average molecular weight is 522 g/mol. The van der Waals surface area contributed by atoms with E-state index in [4.69, 9.17) is 9.97 Å². The largest absolute Gasteiger partial charge is 0.309 e. The molecule has 1 aliphatic rings. The zero-order valence-corrected chi connectivity index (χ0v) is 22.1. The normalized spacial score (nSPS) is 11.9. The Hall–Kier alpha value is -5.54. The highest BCUT2D eigenvalue weighted by atomic mass is 15.0. The van der Waals surface area contributed by atoms with Crippen molar-refractivity contribution in [1.29, 1.82) is 0 Å². The summed E-state index contributed by atoms with van der Waals surface area (Å²) >= 11 is 0. The van der Waals surface area contributed by atoms with Crippen LogP contribution >= 0.6 is 0 Å². The fourth-order valence-corrected chi connectivity index (χ4v) is 6.53. The maximum Gasteiger partial charge on any atom is 0.0900 e. The van der Waals surface area contributed by atoms with Crippen LogP contribution in [0.1, 0.15) is 0 Å². The van der Waals surface area contributed by atoms with Crippen LogP contribution < -0.4 is 0 Å². The highest BCUT2D eigenvalue weighted by Crippen LogP contribution is 2.47. The topological polar surface area (TPSA) is 30.7 Å². The predicted octanol–water partition coefficient (Wildman–Crippen LogP) is 9.71. The van der Waals surface area contributed by atoms with Crippen LogP contribution in [0.3, 0.4) is 0 Å². The van der Waals surface area contributed by atoms with Crippen LogP contribution in [0.4, 0.5) is 0 Å². The molecule has 3 aromatic heterocycles. The Morgan fingerprint density at radius 3 is 2.02 bits per heavy atom. The fourth-order valence-electron chi connectivity index (χ4n) is 6.53. The summed E-state index contributed by atoms with van der Waals surface area (Å²) in [7, 11) is 0. The van der Waals surface area contributed by atoms with E-state index in [1.165, 1.54) is 49.4 Å². The molecular weight excluding hydrogens is 498 g/mol. The highest BCUT2D eigenvalue weighted by molar-refractivity contribution is 6.15. The summed E-state index contributed by atoms with van der Waals surface area (Å²) in [5, 5.41) is 3.68. The molecule has 0 N–H and O–H groups in total. The van der Waals surface area contributed by atoms with Gasteiger partial charge in [0.1, 0.15) is 0 Å². The number of aromatic nitrogens is 3. The van der Waals surface area contributed by atoms with Gasteiger partial charge < -0.3 is 4.57 Å². The van der Waals surface area contributed by atoms with E-state index in [0.717, 1.165) is 33.8 Å². The van der Waals surface area contributed by atoms with Crippen LogP contribution in [-0.2, 0) is 0 Å². The Balaban J connectivity index is 1.20. The van der Waals surface area contributed by atoms with Crippen LogP contribution in [-0.4, -0.2) is 14.5 Å². The number of hydrogen-bond donors (Lipinski definition) is 0. The van der Waals surface area contributed by atoms with E-state index in [2.05, 4.69) is 144 Å². The van der Waals surface area contributed by atoms with Gasteiger partial charge in [0.05, 0.1) is 33.6 Å². The second-order valence-electron chi connectivity index (χ2n) is 10.6. The number of pyridine rings is 2. The van der Waals surface area contributed by atoms with E-state index in [0.29, 0.717) is 0 Å². The summed E-state index contributed by atoms with van der Waals surface area (Å²) in [4.78, 5) is 10.2. The lowest BCUT2D eigenvalue weighted by Gasteiger charge is -2.09. The lowest BCUT2D eigenvalue weighted by molar-refractivity contribution is 1.18. The Labute approximate surface area is 237 Å². The number of nitrogens with zero attached hydrogens (tertiary/aromatic N) is 3. The van der Waals surface area contributed by atoms with Crippen molar-refractivity contribution in [1.82, 2.24) is 14.5 Å². The summed E-state index contributed by atoms with van der Waals surface area (Å²) < 4.78 is 2.34. The van der Waals surface area contributed by atoms with E-state index in [1.807, 2.05) is 0 Å². The standard InChI is InChI=1S/C38H23N3/c1-2-10-25(11-3-1)41-36-19-7-6-14-28(36)30-22-24(20-21-37(30)41)32-16-9-17-33(39-32)35-23-31-27-13-5-4-12-26(27)29-15-8-18-34(40-35)38(29)31/h1-23H. The van der Waals surface area contributed by atoms with Gasteiger partial charge in [0.15, 0.2) is 0 Å². The lowest BCUT2D eigenvalue weighted by atomic mass is 10.0. The number of hydrogen-bond acceptors (Lipinski definition) is 2. The quantitative estimate of drug-likeness (QED) is 0.232. The zero-order chi connectivity index (χ0) is 26.9. The molecule has 190 valence electrons. The Morgan fingerprint density at radius 1 is 0.415 bits per heavy atom.